The minimum absolute atomic E-state index is 0.0238. The molecule has 4 aromatic rings. The van der Waals surface area contributed by atoms with Crippen LogP contribution in [0.15, 0.2) is 67.0 Å². The van der Waals surface area contributed by atoms with Gasteiger partial charge in [0, 0.05) is 48.2 Å². The highest BCUT2D eigenvalue weighted by atomic mass is 19.1. The predicted molar refractivity (Wildman–Crippen MR) is 139 cm³/mol. The van der Waals surface area contributed by atoms with Gasteiger partial charge < -0.3 is 15.4 Å². The number of halogens is 1. The van der Waals surface area contributed by atoms with E-state index in [1.165, 1.54) is 12.1 Å². The number of nitrogens with two attached hydrogens (primary N) is 1. The molecule has 9 heteroatoms. The minimum Gasteiger partial charge on any atom is -0.494 e. The Labute approximate surface area is 214 Å². The second-order valence-corrected chi connectivity index (χ2v) is 8.97. The van der Waals surface area contributed by atoms with Crippen molar-refractivity contribution in [3.63, 3.8) is 0 Å². The second-order valence-electron chi connectivity index (χ2n) is 8.97. The van der Waals surface area contributed by atoms with Gasteiger partial charge in [-0.1, -0.05) is 0 Å². The van der Waals surface area contributed by atoms with Gasteiger partial charge in [-0.25, -0.2) is 4.39 Å². The smallest absolute Gasteiger partial charge is 0.256 e. The third-order valence-corrected chi connectivity index (χ3v) is 6.36. The Morgan fingerprint density at radius 2 is 1.84 bits per heavy atom. The molecule has 0 radical (unpaired) electrons. The van der Waals surface area contributed by atoms with Gasteiger partial charge in [0.2, 0.25) is 0 Å². The Hall–Kier alpha value is -4.53. The van der Waals surface area contributed by atoms with E-state index in [0.717, 1.165) is 41.0 Å². The summed E-state index contributed by atoms with van der Waals surface area (Å²) in [6, 6.07) is 15.1. The third-order valence-electron chi connectivity index (χ3n) is 6.36. The van der Waals surface area contributed by atoms with Crippen molar-refractivity contribution in [3.05, 3.63) is 89.6 Å². The number of ether oxygens (including phenoxy) is 1. The van der Waals surface area contributed by atoms with Crippen molar-refractivity contribution >= 4 is 11.7 Å². The van der Waals surface area contributed by atoms with E-state index in [9.17, 15) is 9.18 Å². The van der Waals surface area contributed by atoms with Gasteiger partial charge in [-0.2, -0.15) is 5.10 Å². The van der Waals surface area contributed by atoms with Crippen LogP contribution in [-0.4, -0.2) is 44.6 Å². The van der Waals surface area contributed by atoms with Crippen LogP contribution in [0.3, 0.4) is 0 Å². The molecule has 0 atom stereocenters. The first-order valence-corrected chi connectivity index (χ1v) is 12.0. The summed E-state index contributed by atoms with van der Waals surface area (Å²) < 4.78 is 21.0. The van der Waals surface area contributed by atoms with Gasteiger partial charge in [0.1, 0.15) is 23.1 Å². The maximum Gasteiger partial charge on any atom is 0.256 e. The molecule has 1 amide bonds. The molecular weight excluding hydrogens is 471 g/mol. The van der Waals surface area contributed by atoms with Gasteiger partial charge in [-0.3, -0.25) is 19.9 Å². The first-order chi connectivity index (χ1) is 17.9. The number of aryl methyl sites for hydroxylation is 1. The van der Waals surface area contributed by atoms with E-state index >= 15 is 0 Å². The number of amidine groups is 1. The van der Waals surface area contributed by atoms with Crippen LogP contribution in [0, 0.1) is 11.2 Å². The number of carbonyl (C=O) groups excluding carboxylic acids is 1. The number of hydrogen-bond donors (Lipinski definition) is 2. The fraction of sp³-hybridized carbons (Fsp3) is 0.214. The van der Waals surface area contributed by atoms with E-state index in [1.807, 2.05) is 24.2 Å². The molecule has 3 N–H and O–H groups in total. The monoisotopic (exact) mass is 498 g/mol. The summed E-state index contributed by atoms with van der Waals surface area (Å²) >= 11 is 0. The molecule has 1 aliphatic heterocycles. The zero-order chi connectivity index (χ0) is 25.9. The van der Waals surface area contributed by atoms with Gasteiger partial charge >= 0.3 is 0 Å². The molecule has 2 aromatic carbocycles. The number of nitrogens with one attached hydrogen (secondary N) is 1. The maximum absolute atomic E-state index is 13.5. The molecule has 2 aromatic heterocycles. The molecule has 1 aliphatic rings. The highest BCUT2D eigenvalue weighted by molar-refractivity contribution is 6.05. The first kappa shape index (κ1) is 24.2. The summed E-state index contributed by atoms with van der Waals surface area (Å²) in [5.41, 5.74) is 10.5. The normalized spacial score (nSPS) is 12.6. The van der Waals surface area contributed by atoms with Crippen molar-refractivity contribution in [2.45, 2.75) is 19.4 Å². The van der Waals surface area contributed by atoms with E-state index in [0.29, 0.717) is 36.5 Å². The number of nitrogen functional groups attached to an aromatic ring is 1. The third kappa shape index (κ3) is 5.06. The molecule has 0 spiro atoms. The zero-order valence-corrected chi connectivity index (χ0v) is 20.4. The van der Waals surface area contributed by atoms with Crippen LogP contribution in [0.25, 0.3) is 22.4 Å². The summed E-state index contributed by atoms with van der Waals surface area (Å²) in [6.07, 6.45) is 5.17. The van der Waals surface area contributed by atoms with E-state index in [-0.39, 0.29) is 17.6 Å². The lowest BCUT2D eigenvalue weighted by atomic mass is 9.97. The molecule has 0 aliphatic carbocycles. The summed E-state index contributed by atoms with van der Waals surface area (Å²) in [6.45, 7) is 1.58. The van der Waals surface area contributed by atoms with E-state index in [4.69, 9.17) is 15.9 Å². The van der Waals surface area contributed by atoms with Crippen LogP contribution in [0.1, 0.15) is 34.5 Å². The zero-order valence-electron chi connectivity index (χ0n) is 20.4. The van der Waals surface area contributed by atoms with Crippen molar-refractivity contribution in [1.29, 1.82) is 5.41 Å². The fourth-order valence-electron chi connectivity index (χ4n) is 4.51. The Balaban J connectivity index is 1.25. The second kappa shape index (κ2) is 10.2. The van der Waals surface area contributed by atoms with Gasteiger partial charge in [0.05, 0.1) is 24.4 Å². The molecular formula is C28H27FN6O2. The molecule has 188 valence electrons. The van der Waals surface area contributed by atoms with Gasteiger partial charge in [-0.15, -0.1) is 0 Å². The first-order valence-electron chi connectivity index (χ1n) is 12.0. The largest absolute Gasteiger partial charge is 0.494 e. The SMILES string of the molecule is Cn1cc(-c2ccnc3c2C(=O)N(CCCCOc2ccc(C(=N)N)cc2)C3)c(-c2ccc(F)cc2)n1. The number of benzene rings is 2. The molecule has 0 saturated carbocycles. The topological polar surface area (TPSA) is 110 Å². The highest BCUT2D eigenvalue weighted by Gasteiger charge is 2.32. The predicted octanol–water partition coefficient (Wildman–Crippen LogP) is 4.39. The Morgan fingerprint density at radius 1 is 1.08 bits per heavy atom. The van der Waals surface area contributed by atoms with E-state index in [1.54, 1.807) is 47.3 Å². The van der Waals surface area contributed by atoms with Gasteiger partial charge in [-0.05, 0) is 67.4 Å². The molecule has 5 rings (SSSR count). The van der Waals surface area contributed by atoms with Crippen molar-refractivity contribution in [2.75, 3.05) is 13.2 Å². The number of hydrogen-bond acceptors (Lipinski definition) is 5. The van der Waals surface area contributed by atoms with Gasteiger partial charge in [0.15, 0.2) is 0 Å². The minimum atomic E-state index is -0.312. The van der Waals surface area contributed by atoms with Crippen LogP contribution in [0.2, 0.25) is 0 Å². The molecule has 37 heavy (non-hydrogen) atoms. The number of unbranched alkanes of at least 4 members (excludes halogenated alkanes) is 1. The number of rotatable bonds is 9. The number of pyridine rings is 1. The summed E-state index contributed by atoms with van der Waals surface area (Å²) in [4.78, 5) is 19.7. The average molecular weight is 499 g/mol. The van der Waals surface area contributed by atoms with E-state index < -0.39 is 0 Å². The van der Waals surface area contributed by atoms with Crippen LogP contribution in [-0.2, 0) is 13.6 Å². The molecule has 0 saturated heterocycles. The number of amides is 1. The number of fused-ring (bicyclic) bond motifs is 1. The summed E-state index contributed by atoms with van der Waals surface area (Å²) in [7, 11) is 1.83. The Kier molecular flexibility index (Phi) is 6.68. The molecule has 8 nitrogen and oxygen atoms in total. The highest BCUT2D eigenvalue weighted by Crippen LogP contribution is 2.36. The van der Waals surface area contributed by atoms with Crippen LogP contribution in [0.5, 0.6) is 5.75 Å². The average Bonchev–Trinajstić information content (AvgIpc) is 3.44. The summed E-state index contributed by atoms with van der Waals surface area (Å²) in [5, 5.41) is 12.0. The lowest BCUT2D eigenvalue weighted by Crippen LogP contribution is -2.25. The van der Waals surface area contributed by atoms with Crippen LogP contribution in [0.4, 0.5) is 4.39 Å². The van der Waals surface area contributed by atoms with Crippen LogP contribution < -0.4 is 10.5 Å². The quantitative estimate of drug-likeness (QED) is 0.202. The standard InChI is InChI=1S/C28H27FN6O2/c1-34-16-23(26(33-34)18-4-8-20(29)9-5-18)22-12-13-32-24-17-35(28(36)25(22)24)14-2-3-15-37-21-10-6-19(7-11-21)27(30)31/h4-13,16H,2-3,14-15,17H2,1H3,(H3,30,31). The molecule has 0 fully saturated rings. The molecule has 3 heterocycles. The number of nitrogens with zero attached hydrogens (tertiary/aromatic N) is 4. The van der Waals surface area contributed by atoms with Gasteiger partial charge in [0.25, 0.3) is 5.91 Å². The van der Waals surface area contributed by atoms with Crippen molar-refractivity contribution in [2.24, 2.45) is 12.8 Å². The Bertz CT molecular complexity index is 1450. The number of aromatic nitrogens is 3. The van der Waals surface area contributed by atoms with Crippen LogP contribution >= 0.6 is 0 Å². The van der Waals surface area contributed by atoms with E-state index in [2.05, 4.69) is 10.1 Å². The molecule has 0 unspecified atom stereocenters. The fourth-order valence-corrected chi connectivity index (χ4v) is 4.51. The number of carbonyl (C=O) groups is 1. The van der Waals surface area contributed by atoms with Crippen molar-refractivity contribution in [1.82, 2.24) is 19.7 Å². The lowest BCUT2D eigenvalue weighted by Gasteiger charge is -2.15. The maximum atomic E-state index is 13.5. The van der Waals surface area contributed by atoms with Crippen molar-refractivity contribution in [3.8, 4) is 28.1 Å². The Morgan fingerprint density at radius 3 is 2.57 bits per heavy atom. The summed E-state index contributed by atoms with van der Waals surface area (Å²) in [5.74, 6) is 0.383. The van der Waals surface area contributed by atoms with Crippen molar-refractivity contribution < 1.29 is 13.9 Å². The lowest BCUT2D eigenvalue weighted by molar-refractivity contribution is 0.0774. The molecule has 0 bridgehead atoms.